The molecule has 4 aromatic rings. The van der Waals surface area contributed by atoms with Crippen LogP contribution < -0.4 is 10.1 Å². The van der Waals surface area contributed by atoms with Crippen LogP contribution in [-0.4, -0.2) is 39.1 Å². The van der Waals surface area contributed by atoms with Gasteiger partial charge in [0.2, 0.25) is 5.95 Å². The van der Waals surface area contributed by atoms with Crippen molar-refractivity contribution in [1.29, 1.82) is 0 Å². The SMILES string of the molecule is COc1ccccc1C(=O)Nc1nc2c(Sc3ccccc3)ncnc2n1C1CCCCO1. The van der Waals surface area contributed by atoms with E-state index in [4.69, 9.17) is 14.5 Å². The highest BCUT2D eigenvalue weighted by Crippen LogP contribution is 2.35. The zero-order valence-corrected chi connectivity index (χ0v) is 18.9. The molecule has 8 nitrogen and oxygen atoms in total. The van der Waals surface area contributed by atoms with Crippen LogP contribution >= 0.6 is 11.8 Å². The minimum atomic E-state index is -0.315. The maximum Gasteiger partial charge on any atom is 0.261 e. The molecule has 1 atom stereocenters. The minimum absolute atomic E-state index is 0.263. The van der Waals surface area contributed by atoms with E-state index in [-0.39, 0.29) is 12.1 Å². The zero-order chi connectivity index (χ0) is 22.6. The Morgan fingerprint density at radius 3 is 2.73 bits per heavy atom. The molecular formula is C24H23N5O3S. The molecule has 168 valence electrons. The van der Waals surface area contributed by atoms with Gasteiger partial charge in [-0.1, -0.05) is 42.1 Å². The quantitative estimate of drug-likeness (QED) is 0.407. The van der Waals surface area contributed by atoms with E-state index in [1.165, 1.54) is 18.1 Å². The number of carbonyl (C=O) groups excluding carboxylic acids is 1. The van der Waals surface area contributed by atoms with E-state index in [1.54, 1.807) is 25.3 Å². The van der Waals surface area contributed by atoms with Crippen molar-refractivity contribution < 1.29 is 14.3 Å². The second kappa shape index (κ2) is 9.60. The van der Waals surface area contributed by atoms with Crippen molar-refractivity contribution in [3.05, 3.63) is 66.5 Å². The number of aromatic nitrogens is 4. The van der Waals surface area contributed by atoms with Crippen LogP contribution in [0.15, 0.2) is 70.8 Å². The Bertz CT molecular complexity index is 1270. The molecule has 0 spiro atoms. The number of nitrogens with zero attached hydrogens (tertiary/aromatic N) is 4. The fraction of sp³-hybridized carbons (Fsp3) is 0.250. The van der Waals surface area contributed by atoms with Crippen molar-refractivity contribution >= 4 is 34.8 Å². The van der Waals surface area contributed by atoms with Crippen molar-refractivity contribution in [2.45, 2.75) is 35.4 Å². The summed E-state index contributed by atoms with van der Waals surface area (Å²) in [6.07, 6.45) is 4.12. The van der Waals surface area contributed by atoms with Crippen molar-refractivity contribution in [2.75, 3.05) is 19.0 Å². The van der Waals surface area contributed by atoms with Crippen LogP contribution in [0.2, 0.25) is 0 Å². The van der Waals surface area contributed by atoms with Gasteiger partial charge in [-0.25, -0.2) is 15.0 Å². The number of amides is 1. The highest BCUT2D eigenvalue weighted by Gasteiger charge is 2.26. The summed E-state index contributed by atoms with van der Waals surface area (Å²) in [5.41, 5.74) is 1.68. The Morgan fingerprint density at radius 1 is 1.12 bits per heavy atom. The average Bonchev–Trinajstić information content (AvgIpc) is 3.24. The van der Waals surface area contributed by atoms with Gasteiger partial charge in [-0.05, 0) is 43.5 Å². The third-order valence-electron chi connectivity index (χ3n) is 5.42. The molecule has 9 heteroatoms. The van der Waals surface area contributed by atoms with Crippen LogP contribution in [-0.2, 0) is 4.74 Å². The van der Waals surface area contributed by atoms with E-state index in [0.29, 0.717) is 40.1 Å². The lowest BCUT2D eigenvalue weighted by Gasteiger charge is -2.25. The molecule has 1 aliphatic rings. The molecule has 0 radical (unpaired) electrons. The van der Waals surface area contributed by atoms with E-state index in [1.807, 2.05) is 41.0 Å². The first-order valence-corrected chi connectivity index (χ1v) is 11.6. The predicted octanol–water partition coefficient (Wildman–Crippen LogP) is 4.94. The lowest BCUT2D eigenvalue weighted by Crippen LogP contribution is -2.23. The standard InChI is InChI=1S/C24H23N5O3S/c1-31-18-12-6-5-11-17(18)22(30)28-24-27-20-21(29(24)19-13-7-8-14-32-19)25-15-26-23(20)33-16-9-3-2-4-10-16/h2-6,9-12,15,19H,7-8,13-14H2,1H3,(H,27,28,30). The number of imidazole rings is 1. The maximum atomic E-state index is 13.2. The van der Waals surface area contributed by atoms with E-state index in [9.17, 15) is 4.79 Å². The lowest BCUT2D eigenvalue weighted by molar-refractivity contribution is -0.0285. The van der Waals surface area contributed by atoms with Gasteiger partial charge in [-0.2, -0.15) is 0 Å². The summed E-state index contributed by atoms with van der Waals surface area (Å²) in [6.45, 7) is 0.654. The van der Waals surface area contributed by atoms with Gasteiger partial charge in [0.15, 0.2) is 5.65 Å². The lowest BCUT2D eigenvalue weighted by atomic mass is 10.2. The molecule has 2 aromatic carbocycles. The van der Waals surface area contributed by atoms with Gasteiger partial charge in [-0.15, -0.1) is 0 Å². The molecule has 1 N–H and O–H groups in total. The van der Waals surface area contributed by atoms with Gasteiger partial charge in [-0.3, -0.25) is 14.7 Å². The number of para-hydroxylation sites is 1. The fourth-order valence-electron chi connectivity index (χ4n) is 3.85. The molecule has 1 aliphatic heterocycles. The Balaban J connectivity index is 1.57. The monoisotopic (exact) mass is 461 g/mol. The Morgan fingerprint density at radius 2 is 1.94 bits per heavy atom. The molecule has 0 saturated carbocycles. The molecule has 1 fully saturated rings. The number of methoxy groups -OCH3 is 1. The van der Waals surface area contributed by atoms with Crippen molar-refractivity contribution in [1.82, 2.24) is 19.5 Å². The van der Waals surface area contributed by atoms with Crippen LogP contribution in [0.25, 0.3) is 11.2 Å². The van der Waals surface area contributed by atoms with E-state index in [0.717, 1.165) is 24.2 Å². The number of benzene rings is 2. The average molecular weight is 462 g/mol. The number of carbonyl (C=O) groups is 1. The number of hydrogen-bond acceptors (Lipinski definition) is 7. The minimum Gasteiger partial charge on any atom is -0.496 e. The molecule has 0 bridgehead atoms. The van der Waals surface area contributed by atoms with Gasteiger partial charge in [0.05, 0.1) is 12.7 Å². The molecule has 33 heavy (non-hydrogen) atoms. The molecule has 0 aliphatic carbocycles. The number of anilines is 1. The smallest absolute Gasteiger partial charge is 0.261 e. The van der Waals surface area contributed by atoms with Crippen molar-refractivity contribution in [3.63, 3.8) is 0 Å². The van der Waals surface area contributed by atoms with Gasteiger partial charge >= 0.3 is 0 Å². The normalized spacial score (nSPS) is 16.0. The van der Waals surface area contributed by atoms with Crippen molar-refractivity contribution in [2.24, 2.45) is 0 Å². The summed E-state index contributed by atoms with van der Waals surface area (Å²) in [5, 5.41) is 3.67. The number of nitrogens with one attached hydrogen (secondary N) is 1. The molecule has 1 unspecified atom stereocenters. The Labute approximate surface area is 195 Å². The highest BCUT2D eigenvalue weighted by atomic mass is 32.2. The number of fused-ring (bicyclic) bond motifs is 1. The molecule has 1 amide bonds. The summed E-state index contributed by atoms with van der Waals surface area (Å²) < 4.78 is 13.3. The van der Waals surface area contributed by atoms with Crippen LogP contribution in [0.5, 0.6) is 5.75 Å². The molecule has 3 heterocycles. The number of ether oxygens (including phenoxy) is 2. The third kappa shape index (κ3) is 4.42. The summed E-state index contributed by atoms with van der Waals surface area (Å²) >= 11 is 1.51. The van der Waals surface area contributed by atoms with E-state index < -0.39 is 0 Å². The Hall–Kier alpha value is -3.43. The fourth-order valence-corrected chi connectivity index (χ4v) is 4.70. The predicted molar refractivity (Wildman–Crippen MR) is 126 cm³/mol. The third-order valence-corrected chi connectivity index (χ3v) is 6.42. The summed E-state index contributed by atoms with van der Waals surface area (Å²) in [5.74, 6) is 0.556. The summed E-state index contributed by atoms with van der Waals surface area (Å²) in [4.78, 5) is 27.9. The second-order valence-electron chi connectivity index (χ2n) is 7.55. The van der Waals surface area contributed by atoms with Crippen LogP contribution in [0.4, 0.5) is 5.95 Å². The highest BCUT2D eigenvalue weighted by molar-refractivity contribution is 7.99. The largest absolute Gasteiger partial charge is 0.496 e. The topological polar surface area (TPSA) is 91.2 Å². The van der Waals surface area contributed by atoms with Crippen LogP contribution in [0.3, 0.4) is 0 Å². The van der Waals surface area contributed by atoms with Gasteiger partial charge in [0, 0.05) is 11.5 Å². The first-order valence-electron chi connectivity index (χ1n) is 10.8. The molecule has 1 saturated heterocycles. The second-order valence-corrected chi connectivity index (χ2v) is 8.61. The van der Waals surface area contributed by atoms with Gasteiger partial charge in [0.25, 0.3) is 5.91 Å². The van der Waals surface area contributed by atoms with Crippen LogP contribution in [0.1, 0.15) is 35.8 Å². The Kier molecular flexibility index (Phi) is 6.23. The molecule has 5 rings (SSSR count). The number of hydrogen-bond donors (Lipinski definition) is 1. The van der Waals surface area contributed by atoms with Gasteiger partial charge < -0.3 is 9.47 Å². The van der Waals surface area contributed by atoms with E-state index in [2.05, 4.69) is 15.3 Å². The first kappa shape index (κ1) is 21.4. The van der Waals surface area contributed by atoms with Crippen LogP contribution in [0, 0.1) is 0 Å². The molecular weight excluding hydrogens is 438 g/mol. The summed E-state index contributed by atoms with van der Waals surface area (Å²) in [7, 11) is 1.54. The first-order chi connectivity index (χ1) is 16.2. The van der Waals surface area contributed by atoms with Crippen molar-refractivity contribution in [3.8, 4) is 5.75 Å². The van der Waals surface area contributed by atoms with Gasteiger partial charge in [0.1, 0.15) is 28.8 Å². The number of rotatable bonds is 6. The molecule has 2 aromatic heterocycles. The summed E-state index contributed by atoms with van der Waals surface area (Å²) in [6, 6.07) is 17.1. The van der Waals surface area contributed by atoms with E-state index >= 15 is 0 Å². The zero-order valence-electron chi connectivity index (χ0n) is 18.1. The maximum absolute atomic E-state index is 13.2.